The lowest BCUT2D eigenvalue weighted by atomic mass is 9.88. The van der Waals surface area contributed by atoms with Crippen molar-refractivity contribution in [2.24, 2.45) is 17.6 Å². The molecule has 8 heteroatoms. The van der Waals surface area contributed by atoms with Crippen LogP contribution in [0.25, 0.3) is 0 Å². The van der Waals surface area contributed by atoms with Crippen LogP contribution in [-0.2, 0) is 11.3 Å². The highest BCUT2D eigenvalue weighted by atomic mass is 32.1. The third-order valence-electron chi connectivity index (χ3n) is 5.29. The standard InChI is InChI=1S/C20H35N5O2S/c1-6-7-17(22-10-13(2)3)14(4)18(19(21)26)25-9-8-24(20(25)27)11-16-12-28-15(5)23-16/h12-14,17-18,22H,6-11H2,1-5H3,(H2,21,26). The average molecular weight is 410 g/mol. The molecule has 1 aliphatic heterocycles. The second-order valence-corrected chi connectivity index (χ2v) is 9.22. The Hall–Kier alpha value is -1.67. The Morgan fingerprint density at radius 1 is 1.36 bits per heavy atom. The highest BCUT2D eigenvalue weighted by Gasteiger charge is 2.41. The molecule has 0 radical (unpaired) electrons. The van der Waals surface area contributed by atoms with Gasteiger partial charge in [0.1, 0.15) is 6.04 Å². The Kier molecular flexibility index (Phi) is 8.24. The summed E-state index contributed by atoms with van der Waals surface area (Å²) in [5.41, 5.74) is 6.67. The van der Waals surface area contributed by atoms with Crippen molar-refractivity contribution in [2.45, 2.75) is 66.1 Å². The number of urea groups is 1. The molecule has 1 aromatic heterocycles. The molecule has 0 aromatic carbocycles. The predicted molar refractivity (Wildman–Crippen MR) is 113 cm³/mol. The van der Waals surface area contributed by atoms with Crippen LogP contribution in [-0.4, -0.2) is 58.4 Å². The number of nitrogens with one attached hydrogen (secondary N) is 1. The Morgan fingerprint density at radius 2 is 2.07 bits per heavy atom. The molecular weight excluding hydrogens is 374 g/mol. The number of nitrogens with two attached hydrogens (primary N) is 1. The molecule has 2 rings (SSSR count). The van der Waals surface area contributed by atoms with Gasteiger partial charge in [0.2, 0.25) is 5.91 Å². The maximum absolute atomic E-state index is 13.0. The number of hydrogen-bond acceptors (Lipinski definition) is 5. The zero-order valence-corrected chi connectivity index (χ0v) is 18.6. The van der Waals surface area contributed by atoms with Crippen LogP contribution < -0.4 is 11.1 Å². The molecule has 28 heavy (non-hydrogen) atoms. The van der Waals surface area contributed by atoms with Crippen LogP contribution in [0.3, 0.4) is 0 Å². The first-order valence-electron chi connectivity index (χ1n) is 10.2. The minimum Gasteiger partial charge on any atom is -0.368 e. The number of nitrogens with zero attached hydrogens (tertiary/aromatic N) is 3. The van der Waals surface area contributed by atoms with E-state index in [4.69, 9.17) is 5.73 Å². The SMILES string of the molecule is CCCC(NCC(C)C)C(C)C(C(N)=O)N1CCN(Cc2csc(C)n2)C1=O. The molecule has 158 valence electrons. The molecule has 0 saturated carbocycles. The molecular formula is C20H35N5O2S. The summed E-state index contributed by atoms with van der Waals surface area (Å²) < 4.78 is 0. The van der Waals surface area contributed by atoms with E-state index in [2.05, 4.69) is 31.1 Å². The fourth-order valence-electron chi connectivity index (χ4n) is 3.85. The first kappa shape index (κ1) is 22.6. The maximum atomic E-state index is 13.0. The number of amides is 3. The van der Waals surface area contributed by atoms with Crippen molar-refractivity contribution >= 4 is 23.3 Å². The number of hydrogen-bond donors (Lipinski definition) is 2. The van der Waals surface area contributed by atoms with Gasteiger partial charge in [-0.3, -0.25) is 4.79 Å². The molecule has 0 bridgehead atoms. The van der Waals surface area contributed by atoms with Crippen LogP contribution >= 0.6 is 11.3 Å². The van der Waals surface area contributed by atoms with E-state index < -0.39 is 11.9 Å². The monoisotopic (exact) mass is 409 g/mol. The lowest BCUT2D eigenvalue weighted by Crippen LogP contribution is -2.55. The molecule has 0 spiro atoms. The van der Waals surface area contributed by atoms with Crippen molar-refractivity contribution in [1.29, 1.82) is 0 Å². The van der Waals surface area contributed by atoms with Crippen LogP contribution in [0, 0.1) is 18.8 Å². The van der Waals surface area contributed by atoms with Crippen LogP contribution in [0.1, 0.15) is 51.2 Å². The minimum absolute atomic E-state index is 0.0541. The van der Waals surface area contributed by atoms with Crippen molar-refractivity contribution in [3.63, 3.8) is 0 Å². The molecule has 1 fully saturated rings. The van der Waals surface area contributed by atoms with Gasteiger partial charge in [-0.25, -0.2) is 9.78 Å². The number of thiazole rings is 1. The summed E-state index contributed by atoms with van der Waals surface area (Å²) >= 11 is 1.58. The van der Waals surface area contributed by atoms with Crippen molar-refractivity contribution in [1.82, 2.24) is 20.1 Å². The van der Waals surface area contributed by atoms with E-state index in [1.165, 1.54) is 0 Å². The van der Waals surface area contributed by atoms with Crippen LogP contribution in [0.4, 0.5) is 4.79 Å². The second kappa shape index (κ2) is 10.2. The van der Waals surface area contributed by atoms with E-state index >= 15 is 0 Å². The lowest BCUT2D eigenvalue weighted by molar-refractivity contribution is -0.124. The zero-order chi connectivity index (χ0) is 20.8. The number of carbonyl (C=O) groups is 2. The molecule has 1 aromatic rings. The smallest absolute Gasteiger partial charge is 0.321 e. The van der Waals surface area contributed by atoms with Gasteiger partial charge in [0.25, 0.3) is 0 Å². The Balaban J connectivity index is 2.11. The molecule has 1 saturated heterocycles. The third kappa shape index (κ3) is 5.67. The summed E-state index contributed by atoms with van der Waals surface area (Å²) in [5.74, 6) is 0.0327. The highest BCUT2D eigenvalue weighted by Crippen LogP contribution is 2.24. The minimum atomic E-state index is -0.606. The quantitative estimate of drug-likeness (QED) is 0.588. The zero-order valence-electron chi connectivity index (χ0n) is 17.8. The molecule has 3 atom stereocenters. The fourth-order valence-corrected chi connectivity index (χ4v) is 4.45. The molecule has 1 aliphatic rings. The molecule has 0 aliphatic carbocycles. The van der Waals surface area contributed by atoms with E-state index in [0.717, 1.165) is 30.1 Å². The van der Waals surface area contributed by atoms with Gasteiger partial charge in [0.15, 0.2) is 0 Å². The number of aryl methyl sites for hydroxylation is 1. The highest BCUT2D eigenvalue weighted by molar-refractivity contribution is 7.09. The molecule has 7 nitrogen and oxygen atoms in total. The first-order chi connectivity index (χ1) is 13.2. The molecule has 3 amide bonds. The Bertz CT molecular complexity index is 663. The number of aromatic nitrogens is 1. The summed E-state index contributed by atoms with van der Waals surface area (Å²) in [4.78, 5) is 33.2. The summed E-state index contributed by atoms with van der Waals surface area (Å²) in [6.07, 6.45) is 1.95. The van der Waals surface area contributed by atoms with Gasteiger partial charge in [0.05, 0.1) is 17.2 Å². The first-order valence-corrected chi connectivity index (χ1v) is 11.1. The van der Waals surface area contributed by atoms with E-state index in [0.29, 0.717) is 25.6 Å². The summed E-state index contributed by atoms with van der Waals surface area (Å²) in [5, 5.41) is 6.54. The van der Waals surface area contributed by atoms with Gasteiger partial charge in [-0.1, -0.05) is 34.1 Å². The lowest BCUT2D eigenvalue weighted by Gasteiger charge is -2.35. The van der Waals surface area contributed by atoms with Crippen molar-refractivity contribution in [3.05, 3.63) is 16.1 Å². The second-order valence-electron chi connectivity index (χ2n) is 8.16. The summed E-state index contributed by atoms with van der Waals surface area (Å²) in [7, 11) is 0. The summed E-state index contributed by atoms with van der Waals surface area (Å²) in [6.45, 7) is 12.9. The van der Waals surface area contributed by atoms with Gasteiger partial charge in [-0.15, -0.1) is 11.3 Å². The van der Waals surface area contributed by atoms with E-state index in [1.54, 1.807) is 21.1 Å². The maximum Gasteiger partial charge on any atom is 0.321 e. The Morgan fingerprint density at radius 3 is 2.61 bits per heavy atom. The Labute approximate surface area is 172 Å². The summed E-state index contributed by atoms with van der Waals surface area (Å²) in [6, 6.07) is -0.584. The number of primary amides is 1. The normalized spacial score (nSPS) is 18.0. The fraction of sp³-hybridized carbons (Fsp3) is 0.750. The predicted octanol–water partition coefficient (Wildman–Crippen LogP) is 2.59. The van der Waals surface area contributed by atoms with Gasteiger partial charge in [-0.05, 0) is 25.8 Å². The van der Waals surface area contributed by atoms with Gasteiger partial charge in [-0.2, -0.15) is 0 Å². The molecule has 3 N–H and O–H groups in total. The number of rotatable bonds is 11. The molecule has 3 unspecified atom stereocenters. The largest absolute Gasteiger partial charge is 0.368 e. The van der Waals surface area contributed by atoms with Crippen LogP contribution in [0.15, 0.2) is 5.38 Å². The van der Waals surface area contributed by atoms with E-state index in [-0.39, 0.29) is 18.0 Å². The third-order valence-corrected chi connectivity index (χ3v) is 6.12. The van der Waals surface area contributed by atoms with Gasteiger partial charge < -0.3 is 20.9 Å². The van der Waals surface area contributed by atoms with E-state index in [9.17, 15) is 9.59 Å². The van der Waals surface area contributed by atoms with Gasteiger partial charge >= 0.3 is 6.03 Å². The van der Waals surface area contributed by atoms with Crippen molar-refractivity contribution < 1.29 is 9.59 Å². The van der Waals surface area contributed by atoms with Crippen LogP contribution in [0.5, 0.6) is 0 Å². The van der Waals surface area contributed by atoms with E-state index in [1.807, 2.05) is 19.2 Å². The van der Waals surface area contributed by atoms with Gasteiger partial charge in [0, 0.05) is 30.4 Å². The molecule has 2 heterocycles. The topological polar surface area (TPSA) is 91.6 Å². The van der Waals surface area contributed by atoms with Crippen molar-refractivity contribution in [3.8, 4) is 0 Å². The van der Waals surface area contributed by atoms with Crippen LogP contribution in [0.2, 0.25) is 0 Å². The average Bonchev–Trinajstić information content (AvgIpc) is 3.18. The van der Waals surface area contributed by atoms with Crippen molar-refractivity contribution in [2.75, 3.05) is 19.6 Å². The number of carbonyl (C=O) groups excluding carboxylic acids is 2.